The molecule has 3 nitrogen and oxygen atoms in total. The first kappa shape index (κ1) is 12.1. The number of aromatic nitrogens is 2. The zero-order valence-electron chi connectivity index (χ0n) is 10.9. The lowest BCUT2D eigenvalue weighted by atomic mass is 10.0. The molecule has 1 unspecified atom stereocenters. The SMILES string of the molecule is Cc1nn2c(c1C)NCCC2c1cc(F)ccc1F. The van der Waals surface area contributed by atoms with Crippen LogP contribution in [0.25, 0.3) is 0 Å². The smallest absolute Gasteiger partial charge is 0.128 e. The molecule has 5 heteroatoms. The van der Waals surface area contributed by atoms with Crippen molar-refractivity contribution in [2.75, 3.05) is 11.9 Å². The van der Waals surface area contributed by atoms with Gasteiger partial charge < -0.3 is 5.32 Å². The number of nitrogens with one attached hydrogen (secondary N) is 1. The van der Waals surface area contributed by atoms with E-state index in [0.717, 1.165) is 29.7 Å². The number of anilines is 1. The van der Waals surface area contributed by atoms with E-state index < -0.39 is 5.82 Å². The molecule has 0 saturated heterocycles. The number of benzene rings is 1. The fourth-order valence-corrected chi connectivity index (χ4v) is 2.58. The Labute approximate surface area is 110 Å². The summed E-state index contributed by atoms with van der Waals surface area (Å²) >= 11 is 0. The summed E-state index contributed by atoms with van der Waals surface area (Å²) in [5, 5.41) is 7.71. The summed E-state index contributed by atoms with van der Waals surface area (Å²) in [7, 11) is 0. The van der Waals surface area contributed by atoms with Gasteiger partial charge in [-0.2, -0.15) is 5.10 Å². The molecule has 1 aliphatic heterocycles. The standard InChI is InChI=1S/C14H15F2N3/c1-8-9(2)18-19-13(5-6-17-14(8)19)11-7-10(15)3-4-12(11)16/h3-4,7,13,17H,5-6H2,1-2H3. The van der Waals surface area contributed by atoms with E-state index in [4.69, 9.17) is 0 Å². The van der Waals surface area contributed by atoms with Crippen LogP contribution in [-0.4, -0.2) is 16.3 Å². The summed E-state index contributed by atoms with van der Waals surface area (Å²) in [6.07, 6.45) is 0.688. The largest absolute Gasteiger partial charge is 0.370 e. The molecule has 0 spiro atoms. The van der Waals surface area contributed by atoms with Crippen LogP contribution in [0.15, 0.2) is 18.2 Å². The van der Waals surface area contributed by atoms with Crippen molar-refractivity contribution in [1.29, 1.82) is 0 Å². The van der Waals surface area contributed by atoms with Crippen LogP contribution >= 0.6 is 0 Å². The molecule has 1 aliphatic rings. The Bertz CT molecular complexity index is 634. The molecule has 0 bridgehead atoms. The second-order valence-electron chi connectivity index (χ2n) is 4.90. The van der Waals surface area contributed by atoms with E-state index >= 15 is 0 Å². The molecule has 0 aliphatic carbocycles. The second-order valence-corrected chi connectivity index (χ2v) is 4.90. The van der Waals surface area contributed by atoms with Gasteiger partial charge in [0, 0.05) is 17.7 Å². The highest BCUT2D eigenvalue weighted by molar-refractivity contribution is 5.49. The van der Waals surface area contributed by atoms with Gasteiger partial charge in [-0.15, -0.1) is 0 Å². The Morgan fingerprint density at radius 2 is 2.11 bits per heavy atom. The predicted molar refractivity (Wildman–Crippen MR) is 69.3 cm³/mol. The summed E-state index contributed by atoms with van der Waals surface area (Å²) in [4.78, 5) is 0. The molecule has 2 heterocycles. The minimum atomic E-state index is -0.419. The average Bonchev–Trinajstić information content (AvgIpc) is 2.69. The quantitative estimate of drug-likeness (QED) is 0.856. The molecular formula is C14H15F2N3. The van der Waals surface area contributed by atoms with Gasteiger partial charge in [-0.3, -0.25) is 0 Å². The van der Waals surface area contributed by atoms with E-state index in [9.17, 15) is 8.78 Å². The van der Waals surface area contributed by atoms with Crippen molar-refractivity contribution in [2.24, 2.45) is 0 Å². The highest BCUT2D eigenvalue weighted by Gasteiger charge is 2.27. The highest BCUT2D eigenvalue weighted by Crippen LogP contribution is 2.33. The van der Waals surface area contributed by atoms with Crippen molar-refractivity contribution in [3.05, 3.63) is 46.7 Å². The highest BCUT2D eigenvalue weighted by atomic mass is 19.1. The van der Waals surface area contributed by atoms with Gasteiger partial charge in [-0.1, -0.05) is 0 Å². The maximum atomic E-state index is 13.9. The molecule has 1 N–H and O–H groups in total. The van der Waals surface area contributed by atoms with Gasteiger partial charge >= 0.3 is 0 Å². The maximum absolute atomic E-state index is 13.9. The monoisotopic (exact) mass is 263 g/mol. The molecular weight excluding hydrogens is 248 g/mol. The van der Waals surface area contributed by atoms with Gasteiger partial charge in [0.25, 0.3) is 0 Å². The van der Waals surface area contributed by atoms with E-state index in [-0.39, 0.29) is 11.9 Å². The minimum absolute atomic E-state index is 0.251. The van der Waals surface area contributed by atoms with E-state index in [2.05, 4.69) is 10.4 Å². The van der Waals surface area contributed by atoms with Crippen molar-refractivity contribution in [1.82, 2.24) is 9.78 Å². The second kappa shape index (κ2) is 4.33. The van der Waals surface area contributed by atoms with Gasteiger partial charge in [-0.05, 0) is 38.5 Å². The molecule has 0 saturated carbocycles. The van der Waals surface area contributed by atoms with Crippen molar-refractivity contribution in [3.8, 4) is 0 Å². The fourth-order valence-electron chi connectivity index (χ4n) is 2.58. The number of aryl methyl sites for hydroxylation is 1. The van der Waals surface area contributed by atoms with Crippen molar-refractivity contribution in [2.45, 2.75) is 26.3 Å². The molecule has 100 valence electrons. The number of fused-ring (bicyclic) bond motifs is 1. The summed E-state index contributed by atoms with van der Waals surface area (Å²) in [6, 6.07) is 3.33. The molecule has 0 radical (unpaired) electrons. The number of hydrogen-bond donors (Lipinski definition) is 1. The molecule has 3 rings (SSSR count). The first-order valence-corrected chi connectivity index (χ1v) is 6.32. The normalized spacial score (nSPS) is 18.0. The zero-order valence-corrected chi connectivity index (χ0v) is 10.9. The van der Waals surface area contributed by atoms with Crippen LogP contribution in [0.4, 0.5) is 14.6 Å². The summed E-state index contributed by atoms with van der Waals surface area (Å²) in [6.45, 7) is 4.62. The van der Waals surface area contributed by atoms with Crippen molar-refractivity contribution < 1.29 is 8.78 Å². The number of rotatable bonds is 1. The van der Waals surface area contributed by atoms with Crippen molar-refractivity contribution in [3.63, 3.8) is 0 Å². The Morgan fingerprint density at radius 3 is 2.89 bits per heavy atom. The molecule has 0 fully saturated rings. The predicted octanol–water partition coefficient (Wildman–Crippen LogP) is 3.18. The van der Waals surface area contributed by atoms with Crippen LogP contribution in [0.3, 0.4) is 0 Å². The topological polar surface area (TPSA) is 29.9 Å². The summed E-state index contributed by atoms with van der Waals surface area (Å²) in [5.74, 6) is 0.0968. The van der Waals surface area contributed by atoms with Crippen molar-refractivity contribution >= 4 is 5.82 Å². The van der Waals surface area contributed by atoms with Gasteiger partial charge in [0.1, 0.15) is 17.5 Å². The average molecular weight is 263 g/mol. The Hall–Kier alpha value is -1.91. The van der Waals surface area contributed by atoms with E-state index in [0.29, 0.717) is 12.0 Å². The molecule has 1 aromatic carbocycles. The molecule has 0 amide bonds. The van der Waals surface area contributed by atoms with Crippen LogP contribution in [0, 0.1) is 25.5 Å². The summed E-state index contributed by atoms with van der Waals surface area (Å²) < 4.78 is 29.0. The Kier molecular flexibility index (Phi) is 2.77. The van der Waals surface area contributed by atoms with E-state index in [1.807, 2.05) is 13.8 Å². The molecule has 1 atom stereocenters. The number of halogens is 2. The molecule has 19 heavy (non-hydrogen) atoms. The van der Waals surface area contributed by atoms with Crippen LogP contribution in [0.5, 0.6) is 0 Å². The Balaban J connectivity index is 2.13. The number of nitrogens with zero attached hydrogens (tertiary/aromatic N) is 2. The summed E-state index contributed by atoms with van der Waals surface area (Å²) in [5.41, 5.74) is 2.33. The van der Waals surface area contributed by atoms with E-state index in [1.54, 1.807) is 4.68 Å². The minimum Gasteiger partial charge on any atom is -0.370 e. The first-order valence-electron chi connectivity index (χ1n) is 6.32. The number of hydrogen-bond acceptors (Lipinski definition) is 2. The lowest BCUT2D eigenvalue weighted by Crippen LogP contribution is -2.25. The first-order chi connectivity index (χ1) is 9.08. The van der Waals surface area contributed by atoms with Gasteiger partial charge in [0.2, 0.25) is 0 Å². The lowest BCUT2D eigenvalue weighted by molar-refractivity contribution is 0.453. The zero-order chi connectivity index (χ0) is 13.6. The van der Waals surface area contributed by atoms with Gasteiger partial charge in [-0.25, -0.2) is 13.5 Å². The lowest BCUT2D eigenvalue weighted by Gasteiger charge is -2.26. The fraction of sp³-hybridized carbons (Fsp3) is 0.357. The third-order valence-electron chi connectivity index (χ3n) is 3.71. The van der Waals surface area contributed by atoms with Gasteiger partial charge in [0.05, 0.1) is 11.7 Å². The Morgan fingerprint density at radius 1 is 1.32 bits per heavy atom. The molecule has 2 aromatic rings. The molecule has 1 aromatic heterocycles. The van der Waals surface area contributed by atoms with Crippen LogP contribution in [0.2, 0.25) is 0 Å². The van der Waals surface area contributed by atoms with E-state index in [1.165, 1.54) is 12.1 Å². The van der Waals surface area contributed by atoms with Crippen LogP contribution in [-0.2, 0) is 0 Å². The third-order valence-corrected chi connectivity index (χ3v) is 3.71. The maximum Gasteiger partial charge on any atom is 0.128 e. The van der Waals surface area contributed by atoms with Crippen LogP contribution in [0.1, 0.15) is 29.3 Å². The van der Waals surface area contributed by atoms with Gasteiger partial charge in [0.15, 0.2) is 0 Å². The van der Waals surface area contributed by atoms with Crippen LogP contribution < -0.4 is 5.32 Å². The third kappa shape index (κ3) is 1.89.